The van der Waals surface area contributed by atoms with E-state index in [4.69, 9.17) is 9.47 Å². The van der Waals surface area contributed by atoms with Crippen LogP contribution in [0.4, 0.5) is 10.5 Å². The normalized spacial score (nSPS) is 27.1. The van der Waals surface area contributed by atoms with Gasteiger partial charge in [0.1, 0.15) is 24.0 Å². The third-order valence-corrected chi connectivity index (χ3v) is 8.36. The maximum absolute atomic E-state index is 14.4. The molecule has 41 heavy (non-hydrogen) atoms. The molecule has 0 unspecified atom stereocenters. The van der Waals surface area contributed by atoms with Gasteiger partial charge in [0, 0.05) is 16.7 Å². The maximum Gasteiger partial charge on any atom is 0.415 e. The number of epoxide rings is 1. The number of hydrogen-bond acceptors (Lipinski definition) is 7. The Bertz CT molecular complexity index is 1730. The number of aromatic hydroxyl groups is 1. The molecule has 8 nitrogen and oxygen atoms in total. The third-order valence-electron chi connectivity index (χ3n) is 8.36. The van der Waals surface area contributed by atoms with E-state index in [0.717, 1.165) is 0 Å². The Kier molecular flexibility index (Phi) is 5.97. The predicted octanol–water partition coefficient (Wildman–Crippen LogP) is 3.80. The average Bonchev–Trinajstić information content (AvgIpc) is 3.69. The second-order valence-electron chi connectivity index (χ2n) is 10.6. The van der Waals surface area contributed by atoms with Crippen molar-refractivity contribution in [1.82, 2.24) is 0 Å². The molecular weight excluding hydrogens is 522 g/mol. The molecule has 0 spiro atoms. The Balaban J connectivity index is 1.76. The monoisotopic (exact) mass is 549 g/mol. The summed E-state index contributed by atoms with van der Waals surface area (Å²) in [6.07, 6.45) is 2.58. The summed E-state index contributed by atoms with van der Waals surface area (Å²) in [7, 11) is 0. The van der Waals surface area contributed by atoms with Crippen LogP contribution in [-0.2, 0) is 21.5 Å². The summed E-state index contributed by atoms with van der Waals surface area (Å²) in [6, 6.07) is 5.25. The van der Waals surface area contributed by atoms with Gasteiger partial charge in [-0.25, -0.2) is 4.79 Å². The number of carbonyl (C=O) groups is 3. The van der Waals surface area contributed by atoms with Gasteiger partial charge in [0.25, 0.3) is 0 Å². The van der Waals surface area contributed by atoms with Crippen molar-refractivity contribution in [3.05, 3.63) is 82.5 Å². The molecular formula is C33H27NO7. The van der Waals surface area contributed by atoms with E-state index in [2.05, 4.69) is 30.3 Å². The molecule has 1 amide bonds. The summed E-state index contributed by atoms with van der Waals surface area (Å²) >= 11 is 0. The van der Waals surface area contributed by atoms with Crippen LogP contribution >= 0.6 is 0 Å². The number of nitrogens with zero attached hydrogens (tertiary/aromatic N) is 1. The average molecular weight is 550 g/mol. The lowest BCUT2D eigenvalue weighted by molar-refractivity contribution is 0.0974. The number of fused-ring (bicyclic) bond motifs is 4. The molecule has 4 atom stereocenters. The number of allylic oxidation sites excluding steroid dienone is 2. The van der Waals surface area contributed by atoms with Crippen LogP contribution in [-0.4, -0.2) is 52.2 Å². The molecule has 206 valence electrons. The van der Waals surface area contributed by atoms with Crippen LogP contribution in [0.15, 0.2) is 49.1 Å². The van der Waals surface area contributed by atoms with Gasteiger partial charge in [0.15, 0.2) is 23.3 Å². The molecule has 0 radical (unpaired) electrons. The Morgan fingerprint density at radius 2 is 1.90 bits per heavy atom. The van der Waals surface area contributed by atoms with E-state index in [-0.39, 0.29) is 46.0 Å². The first-order valence-electron chi connectivity index (χ1n) is 13.4. The first-order chi connectivity index (χ1) is 19.7. The number of amides is 1. The Morgan fingerprint density at radius 1 is 1.17 bits per heavy atom. The number of hydrogen-bond donors (Lipinski definition) is 2. The number of benzene rings is 2. The van der Waals surface area contributed by atoms with E-state index in [1.807, 2.05) is 20.8 Å². The minimum absolute atomic E-state index is 0.000228. The van der Waals surface area contributed by atoms with E-state index in [1.54, 1.807) is 18.2 Å². The summed E-state index contributed by atoms with van der Waals surface area (Å²) in [5, 5.41) is 22.9. The summed E-state index contributed by atoms with van der Waals surface area (Å²) < 4.78 is 12.0. The Morgan fingerprint density at radius 3 is 2.59 bits per heavy atom. The van der Waals surface area contributed by atoms with Gasteiger partial charge in [-0.15, -0.1) is 0 Å². The predicted molar refractivity (Wildman–Crippen MR) is 150 cm³/mol. The molecule has 2 bridgehead atoms. The standard InChI is InChI=1S/C33H27NO7/c1-5-16-40-31(39)34-23-14-9-7-8-10-15-24(36)33(32(23,41-33)18(3)4)21-17-22(35)26-27(28(21)34)30(38)25-19(6-2)12-11-13-20(25)29(26)37/h5,7-8,11-13,17-18,23-24,35-36H,1,6,16H2,2-4H3/b8-7-/t23-,24+,32-,33-/m0/s1. The van der Waals surface area contributed by atoms with Crippen LogP contribution in [0.5, 0.6) is 5.75 Å². The van der Waals surface area contributed by atoms with E-state index in [1.165, 1.54) is 29.2 Å². The second-order valence-corrected chi connectivity index (χ2v) is 10.6. The van der Waals surface area contributed by atoms with Gasteiger partial charge in [0.2, 0.25) is 0 Å². The maximum atomic E-state index is 14.4. The second kappa shape index (κ2) is 9.21. The molecule has 2 aliphatic carbocycles. The molecule has 8 heteroatoms. The lowest BCUT2D eigenvalue weighted by Gasteiger charge is -2.43. The van der Waals surface area contributed by atoms with Crippen molar-refractivity contribution in [2.75, 3.05) is 11.5 Å². The van der Waals surface area contributed by atoms with Gasteiger partial charge >= 0.3 is 6.09 Å². The largest absolute Gasteiger partial charge is 0.507 e. The van der Waals surface area contributed by atoms with Crippen molar-refractivity contribution < 1.29 is 34.1 Å². The highest BCUT2D eigenvalue weighted by molar-refractivity contribution is 6.32. The van der Waals surface area contributed by atoms with Crippen molar-refractivity contribution in [1.29, 1.82) is 0 Å². The van der Waals surface area contributed by atoms with Crippen LogP contribution in [0.25, 0.3) is 0 Å². The van der Waals surface area contributed by atoms with Crippen molar-refractivity contribution in [3.8, 4) is 29.4 Å². The Labute approximate surface area is 237 Å². The van der Waals surface area contributed by atoms with Crippen molar-refractivity contribution in [2.24, 2.45) is 5.92 Å². The lowest BCUT2D eigenvalue weighted by Crippen LogP contribution is -2.59. The zero-order valence-corrected chi connectivity index (χ0v) is 22.8. The highest BCUT2D eigenvalue weighted by atomic mass is 16.6. The van der Waals surface area contributed by atoms with Gasteiger partial charge in [0.05, 0.1) is 16.8 Å². The van der Waals surface area contributed by atoms with Gasteiger partial charge in [-0.1, -0.05) is 75.3 Å². The number of carbonyl (C=O) groups excluding carboxylic acids is 3. The van der Waals surface area contributed by atoms with E-state index >= 15 is 0 Å². The number of anilines is 1. The zero-order chi connectivity index (χ0) is 29.3. The summed E-state index contributed by atoms with van der Waals surface area (Å²) in [5.41, 5.74) is -2.07. The zero-order valence-electron chi connectivity index (χ0n) is 22.8. The van der Waals surface area contributed by atoms with Crippen molar-refractivity contribution in [2.45, 2.75) is 50.5 Å². The topological polar surface area (TPSA) is 117 Å². The van der Waals surface area contributed by atoms with E-state index in [9.17, 15) is 24.6 Å². The number of aliphatic hydroxyl groups excluding tert-OH is 1. The van der Waals surface area contributed by atoms with E-state index in [0.29, 0.717) is 12.0 Å². The number of ketones is 2. The summed E-state index contributed by atoms with van der Waals surface area (Å²) in [6.45, 7) is 9.10. The number of phenolic OH excluding ortho intramolecular Hbond substituents is 1. The minimum Gasteiger partial charge on any atom is -0.507 e. The lowest BCUT2D eigenvalue weighted by atomic mass is 9.66. The van der Waals surface area contributed by atoms with Crippen LogP contribution in [0.3, 0.4) is 0 Å². The quantitative estimate of drug-likeness (QED) is 0.289. The van der Waals surface area contributed by atoms with Crippen LogP contribution in [0, 0.1) is 29.6 Å². The highest BCUT2D eigenvalue weighted by Gasteiger charge is 2.83. The fourth-order valence-corrected chi connectivity index (χ4v) is 6.63. The number of rotatable bonds is 4. The Hall–Kier alpha value is -4.63. The highest BCUT2D eigenvalue weighted by Crippen LogP contribution is 2.70. The van der Waals surface area contributed by atoms with Gasteiger partial charge in [-0.05, 0) is 36.1 Å². The molecule has 6 rings (SSSR count). The van der Waals surface area contributed by atoms with Crippen LogP contribution < -0.4 is 4.90 Å². The van der Waals surface area contributed by atoms with Crippen LogP contribution in [0.2, 0.25) is 0 Å². The fourth-order valence-electron chi connectivity index (χ4n) is 6.63. The minimum atomic E-state index is -1.57. The molecule has 0 saturated carbocycles. The molecule has 0 aromatic heterocycles. The molecule has 1 fully saturated rings. The molecule has 2 aromatic carbocycles. The number of ether oxygens (including phenoxy) is 2. The van der Waals surface area contributed by atoms with Crippen molar-refractivity contribution >= 4 is 23.3 Å². The number of phenols is 1. The van der Waals surface area contributed by atoms with Gasteiger partial charge in [-0.3, -0.25) is 14.5 Å². The van der Waals surface area contributed by atoms with Gasteiger partial charge in [-0.2, -0.15) is 0 Å². The molecule has 2 aliphatic heterocycles. The third kappa shape index (κ3) is 3.29. The van der Waals surface area contributed by atoms with E-state index < -0.39 is 46.8 Å². The van der Waals surface area contributed by atoms with Crippen LogP contribution in [0.1, 0.15) is 63.7 Å². The summed E-state index contributed by atoms with van der Waals surface area (Å²) in [5.74, 6) is 9.67. The number of aryl methyl sites for hydroxylation is 1. The SMILES string of the molecule is C=CCOC(=O)N1c2c(cc(O)c3c2C(=O)c2c(CC)cccc2C3=O)[C@@]23O[C@@]2(C(C)C)[C@@H]1C#C/C=C\C#C[C@H]3O. The fraction of sp³-hybridized carbons (Fsp3) is 0.303. The smallest absolute Gasteiger partial charge is 0.415 e. The molecule has 2 N–H and O–H groups in total. The molecule has 2 aromatic rings. The molecule has 2 heterocycles. The van der Waals surface area contributed by atoms with Crippen molar-refractivity contribution in [3.63, 3.8) is 0 Å². The molecule has 4 aliphatic rings. The first-order valence-corrected chi connectivity index (χ1v) is 13.4. The molecule has 1 saturated heterocycles. The first kappa shape index (κ1) is 26.6. The van der Waals surface area contributed by atoms with Gasteiger partial charge < -0.3 is 19.7 Å². The number of aliphatic hydroxyl groups is 1. The summed E-state index contributed by atoms with van der Waals surface area (Å²) in [4.78, 5) is 43.4.